The normalized spacial score (nSPS) is 12.1. The van der Waals surface area contributed by atoms with Crippen LogP contribution in [0.1, 0.15) is 31.9 Å². The van der Waals surface area contributed by atoms with Gasteiger partial charge < -0.3 is 4.90 Å². The first-order chi connectivity index (χ1) is 7.69. The van der Waals surface area contributed by atoms with Crippen molar-refractivity contribution in [2.24, 2.45) is 0 Å². The van der Waals surface area contributed by atoms with Crippen molar-refractivity contribution in [3.8, 4) is 0 Å². The molecule has 0 aliphatic carbocycles. The smallest absolute Gasteiger partial charge is 0.0426 e. The standard InChI is InChI=1S/C15H21N/c1-5-11-16(4)12-14-9-7-8-10-15(14)13(3)6-2/h5-11H,12H2,1-4H3/b11-5+,13-6+. The molecule has 0 heterocycles. The van der Waals surface area contributed by atoms with Crippen molar-refractivity contribution in [1.82, 2.24) is 4.90 Å². The molecule has 1 heteroatoms. The second kappa shape index (κ2) is 6.16. The zero-order chi connectivity index (χ0) is 12.0. The van der Waals surface area contributed by atoms with Crippen LogP contribution in [-0.4, -0.2) is 11.9 Å². The number of hydrogen-bond acceptors (Lipinski definition) is 1. The number of hydrogen-bond donors (Lipinski definition) is 0. The average molecular weight is 215 g/mol. The molecule has 0 fully saturated rings. The molecule has 0 saturated heterocycles. The molecule has 0 spiro atoms. The fraction of sp³-hybridized carbons (Fsp3) is 0.333. The molecule has 1 aromatic rings. The van der Waals surface area contributed by atoms with Crippen molar-refractivity contribution in [2.45, 2.75) is 27.3 Å². The molecule has 0 radical (unpaired) electrons. The van der Waals surface area contributed by atoms with Gasteiger partial charge in [0.2, 0.25) is 0 Å². The average Bonchev–Trinajstić information content (AvgIpc) is 2.29. The summed E-state index contributed by atoms with van der Waals surface area (Å²) in [4.78, 5) is 2.20. The summed E-state index contributed by atoms with van der Waals surface area (Å²) in [6.07, 6.45) is 6.32. The molecule has 0 aliphatic rings. The Balaban J connectivity index is 2.95. The van der Waals surface area contributed by atoms with E-state index in [9.17, 15) is 0 Å². The van der Waals surface area contributed by atoms with Crippen LogP contribution >= 0.6 is 0 Å². The lowest BCUT2D eigenvalue weighted by Gasteiger charge is -2.17. The number of benzene rings is 1. The Morgan fingerprint density at radius 3 is 2.56 bits per heavy atom. The SMILES string of the molecule is C/C=C/N(C)Cc1ccccc1/C(C)=C/C. The van der Waals surface area contributed by atoms with Gasteiger partial charge in [-0.1, -0.05) is 36.4 Å². The molecule has 0 amide bonds. The molecule has 86 valence electrons. The minimum atomic E-state index is 0.950. The molecule has 0 saturated carbocycles. The Kier molecular flexibility index (Phi) is 4.84. The summed E-state index contributed by atoms with van der Waals surface area (Å²) in [5, 5.41) is 0. The summed E-state index contributed by atoms with van der Waals surface area (Å²) < 4.78 is 0. The number of rotatable bonds is 4. The molecular formula is C15H21N. The van der Waals surface area contributed by atoms with Crippen molar-refractivity contribution >= 4 is 5.57 Å². The van der Waals surface area contributed by atoms with Crippen LogP contribution in [-0.2, 0) is 6.54 Å². The first-order valence-electron chi connectivity index (χ1n) is 5.73. The maximum absolute atomic E-state index is 2.20. The minimum absolute atomic E-state index is 0.950. The Labute approximate surface area is 99.1 Å². The monoisotopic (exact) mass is 215 g/mol. The summed E-state index contributed by atoms with van der Waals surface area (Å²) in [6.45, 7) is 7.24. The van der Waals surface area contributed by atoms with E-state index in [2.05, 4.69) is 68.4 Å². The number of allylic oxidation sites excluding steroid dienone is 3. The first kappa shape index (κ1) is 12.6. The van der Waals surface area contributed by atoms with Gasteiger partial charge in [0, 0.05) is 13.6 Å². The highest BCUT2D eigenvalue weighted by Crippen LogP contribution is 2.19. The van der Waals surface area contributed by atoms with Crippen LogP contribution in [0.3, 0.4) is 0 Å². The van der Waals surface area contributed by atoms with E-state index >= 15 is 0 Å². The van der Waals surface area contributed by atoms with Crippen LogP contribution in [0.5, 0.6) is 0 Å². The van der Waals surface area contributed by atoms with E-state index in [-0.39, 0.29) is 0 Å². The van der Waals surface area contributed by atoms with Crippen LogP contribution in [0.15, 0.2) is 42.6 Å². The van der Waals surface area contributed by atoms with Crippen molar-refractivity contribution < 1.29 is 0 Å². The molecule has 16 heavy (non-hydrogen) atoms. The van der Waals surface area contributed by atoms with Gasteiger partial charge in [0.05, 0.1) is 0 Å². The molecule has 0 N–H and O–H groups in total. The van der Waals surface area contributed by atoms with Crippen LogP contribution in [0.25, 0.3) is 5.57 Å². The molecular weight excluding hydrogens is 194 g/mol. The summed E-state index contributed by atoms with van der Waals surface area (Å²) in [5.41, 5.74) is 4.06. The number of nitrogens with zero attached hydrogens (tertiary/aromatic N) is 1. The quantitative estimate of drug-likeness (QED) is 0.731. The van der Waals surface area contributed by atoms with Gasteiger partial charge in [0.1, 0.15) is 0 Å². The topological polar surface area (TPSA) is 3.24 Å². The lowest BCUT2D eigenvalue weighted by Crippen LogP contribution is -2.11. The zero-order valence-corrected chi connectivity index (χ0v) is 10.7. The zero-order valence-electron chi connectivity index (χ0n) is 10.7. The Hall–Kier alpha value is -1.50. The fourth-order valence-electron chi connectivity index (χ4n) is 1.77. The van der Waals surface area contributed by atoms with E-state index in [1.54, 1.807) is 0 Å². The predicted octanol–water partition coefficient (Wildman–Crippen LogP) is 4.08. The maximum Gasteiger partial charge on any atom is 0.0426 e. The maximum atomic E-state index is 2.20. The first-order valence-corrected chi connectivity index (χ1v) is 5.73. The molecule has 0 unspecified atom stereocenters. The van der Waals surface area contributed by atoms with E-state index in [1.165, 1.54) is 16.7 Å². The lowest BCUT2D eigenvalue weighted by molar-refractivity contribution is 0.450. The van der Waals surface area contributed by atoms with Gasteiger partial charge in [-0.2, -0.15) is 0 Å². The highest BCUT2D eigenvalue weighted by molar-refractivity contribution is 5.66. The molecule has 0 aliphatic heterocycles. The van der Waals surface area contributed by atoms with Crippen molar-refractivity contribution in [2.75, 3.05) is 7.05 Å². The van der Waals surface area contributed by atoms with E-state index in [4.69, 9.17) is 0 Å². The molecule has 0 bridgehead atoms. The fourth-order valence-corrected chi connectivity index (χ4v) is 1.77. The van der Waals surface area contributed by atoms with Crippen LogP contribution in [0, 0.1) is 0 Å². The van der Waals surface area contributed by atoms with Gasteiger partial charge in [0.25, 0.3) is 0 Å². The predicted molar refractivity (Wildman–Crippen MR) is 72.0 cm³/mol. The van der Waals surface area contributed by atoms with E-state index in [0.29, 0.717) is 0 Å². The van der Waals surface area contributed by atoms with Crippen LogP contribution < -0.4 is 0 Å². The van der Waals surface area contributed by atoms with Crippen molar-refractivity contribution in [3.05, 3.63) is 53.7 Å². The molecule has 0 aromatic heterocycles. The van der Waals surface area contributed by atoms with Gasteiger partial charge in [-0.25, -0.2) is 0 Å². The van der Waals surface area contributed by atoms with Gasteiger partial charge in [0.15, 0.2) is 0 Å². The lowest BCUT2D eigenvalue weighted by atomic mass is 10.0. The second-order valence-electron chi connectivity index (χ2n) is 4.03. The largest absolute Gasteiger partial charge is 0.376 e. The van der Waals surface area contributed by atoms with E-state index in [0.717, 1.165) is 6.54 Å². The third-order valence-electron chi connectivity index (χ3n) is 2.70. The second-order valence-corrected chi connectivity index (χ2v) is 4.03. The van der Waals surface area contributed by atoms with Gasteiger partial charge in [-0.05, 0) is 43.7 Å². The molecule has 1 aromatic carbocycles. The third-order valence-corrected chi connectivity index (χ3v) is 2.70. The highest BCUT2D eigenvalue weighted by Gasteiger charge is 2.03. The summed E-state index contributed by atoms with van der Waals surface area (Å²) >= 11 is 0. The summed E-state index contributed by atoms with van der Waals surface area (Å²) in [6, 6.07) is 8.59. The van der Waals surface area contributed by atoms with Crippen molar-refractivity contribution in [1.29, 1.82) is 0 Å². The van der Waals surface area contributed by atoms with E-state index in [1.807, 2.05) is 6.92 Å². The van der Waals surface area contributed by atoms with Crippen molar-refractivity contribution in [3.63, 3.8) is 0 Å². The molecule has 1 rings (SSSR count). The van der Waals surface area contributed by atoms with Crippen LogP contribution in [0.2, 0.25) is 0 Å². The minimum Gasteiger partial charge on any atom is -0.376 e. The Morgan fingerprint density at radius 2 is 1.94 bits per heavy atom. The van der Waals surface area contributed by atoms with Gasteiger partial charge in [-0.3, -0.25) is 0 Å². The van der Waals surface area contributed by atoms with Gasteiger partial charge in [-0.15, -0.1) is 0 Å². The third kappa shape index (κ3) is 3.27. The van der Waals surface area contributed by atoms with Crippen LogP contribution in [0.4, 0.5) is 0 Å². The molecule has 1 nitrogen and oxygen atoms in total. The summed E-state index contributed by atoms with van der Waals surface area (Å²) in [7, 11) is 2.10. The Morgan fingerprint density at radius 1 is 1.25 bits per heavy atom. The summed E-state index contributed by atoms with van der Waals surface area (Å²) in [5.74, 6) is 0. The van der Waals surface area contributed by atoms with Gasteiger partial charge >= 0.3 is 0 Å². The van der Waals surface area contributed by atoms with E-state index < -0.39 is 0 Å². The highest BCUT2D eigenvalue weighted by atomic mass is 15.1. The Bertz CT molecular complexity index is 388. The molecule has 0 atom stereocenters.